The summed E-state index contributed by atoms with van der Waals surface area (Å²) in [5.74, 6) is 0.930. The smallest absolute Gasteiger partial charge is 0.160 e. The molecule has 0 aliphatic heterocycles. The summed E-state index contributed by atoms with van der Waals surface area (Å²) >= 11 is 1.74. The average Bonchev–Trinajstić information content (AvgIpc) is 2.99. The number of rotatable bonds is 4. The first-order valence-electron chi connectivity index (χ1n) is 6.61. The standard InChI is InChI=1S/C14H17N5S/c1-9-12(20-11(3)16-9)8-15-10(2)14-18-17-13-6-4-5-7-19(13)14/h4-7,10,15H,8H2,1-3H3. The topological polar surface area (TPSA) is 55.1 Å². The molecule has 3 rings (SSSR count). The van der Waals surface area contributed by atoms with Gasteiger partial charge >= 0.3 is 0 Å². The molecule has 0 amide bonds. The van der Waals surface area contributed by atoms with Crippen molar-refractivity contribution in [3.8, 4) is 0 Å². The van der Waals surface area contributed by atoms with Crippen molar-refractivity contribution in [2.75, 3.05) is 0 Å². The second-order valence-electron chi connectivity index (χ2n) is 4.83. The first kappa shape index (κ1) is 13.2. The molecular weight excluding hydrogens is 270 g/mol. The van der Waals surface area contributed by atoms with E-state index >= 15 is 0 Å². The third-order valence-corrected chi connectivity index (χ3v) is 4.37. The lowest BCUT2D eigenvalue weighted by Crippen LogP contribution is -2.20. The zero-order valence-corrected chi connectivity index (χ0v) is 12.6. The molecular formula is C14H17N5S. The number of nitrogens with zero attached hydrogens (tertiary/aromatic N) is 4. The molecule has 6 heteroatoms. The quantitative estimate of drug-likeness (QED) is 0.801. The van der Waals surface area contributed by atoms with Crippen LogP contribution in [0.15, 0.2) is 24.4 Å². The van der Waals surface area contributed by atoms with E-state index in [0.29, 0.717) is 0 Å². The third-order valence-electron chi connectivity index (χ3n) is 3.30. The molecule has 1 unspecified atom stereocenters. The van der Waals surface area contributed by atoms with Crippen molar-refractivity contribution < 1.29 is 0 Å². The van der Waals surface area contributed by atoms with Crippen LogP contribution in [-0.4, -0.2) is 19.6 Å². The highest BCUT2D eigenvalue weighted by Gasteiger charge is 2.13. The van der Waals surface area contributed by atoms with Crippen LogP contribution in [0.3, 0.4) is 0 Å². The van der Waals surface area contributed by atoms with Crippen LogP contribution in [0.2, 0.25) is 0 Å². The van der Waals surface area contributed by atoms with E-state index < -0.39 is 0 Å². The normalized spacial score (nSPS) is 12.9. The van der Waals surface area contributed by atoms with E-state index in [9.17, 15) is 0 Å². The minimum absolute atomic E-state index is 0.134. The Balaban J connectivity index is 1.76. The molecule has 0 spiro atoms. The van der Waals surface area contributed by atoms with Crippen LogP contribution in [0, 0.1) is 13.8 Å². The zero-order valence-electron chi connectivity index (χ0n) is 11.8. The summed E-state index contributed by atoms with van der Waals surface area (Å²) < 4.78 is 2.02. The van der Waals surface area contributed by atoms with Gasteiger partial charge < -0.3 is 5.32 Å². The summed E-state index contributed by atoms with van der Waals surface area (Å²) in [6, 6.07) is 6.05. The number of thiazole rings is 1. The fraction of sp³-hybridized carbons (Fsp3) is 0.357. The number of hydrogen-bond acceptors (Lipinski definition) is 5. The molecule has 1 N–H and O–H groups in total. The van der Waals surface area contributed by atoms with Crippen LogP contribution in [-0.2, 0) is 6.54 Å². The zero-order chi connectivity index (χ0) is 14.1. The summed E-state index contributed by atoms with van der Waals surface area (Å²) in [5, 5.41) is 13.1. The van der Waals surface area contributed by atoms with Gasteiger partial charge in [-0.25, -0.2) is 4.98 Å². The lowest BCUT2D eigenvalue weighted by Gasteiger charge is -2.11. The first-order chi connectivity index (χ1) is 9.65. The van der Waals surface area contributed by atoms with Gasteiger partial charge in [0.2, 0.25) is 0 Å². The molecule has 1 atom stereocenters. The predicted molar refractivity (Wildman–Crippen MR) is 79.8 cm³/mol. The van der Waals surface area contributed by atoms with Crippen molar-refractivity contribution in [2.45, 2.75) is 33.4 Å². The van der Waals surface area contributed by atoms with Crippen LogP contribution in [0.25, 0.3) is 5.65 Å². The van der Waals surface area contributed by atoms with Gasteiger partial charge in [0, 0.05) is 17.6 Å². The monoisotopic (exact) mass is 287 g/mol. The van der Waals surface area contributed by atoms with Gasteiger partial charge in [-0.1, -0.05) is 6.07 Å². The predicted octanol–water partition coefficient (Wildman–Crippen LogP) is 2.65. The van der Waals surface area contributed by atoms with Crippen molar-refractivity contribution in [1.29, 1.82) is 0 Å². The van der Waals surface area contributed by atoms with Crippen molar-refractivity contribution in [1.82, 2.24) is 24.9 Å². The molecule has 0 aliphatic carbocycles. The molecule has 20 heavy (non-hydrogen) atoms. The Morgan fingerprint density at radius 3 is 2.90 bits per heavy atom. The molecule has 3 aromatic heterocycles. The highest BCUT2D eigenvalue weighted by Crippen LogP contribution is 2.18. The van der Waals surface area contributed by atoms with E-state index in [1.165, 1.54) is 4.88 Å². The molecule has 0 radical (unpaired) electrons. The number of pyridine rings is 1. The largest absolute Gasteiger partial charge is 0.302 e. The van der Waals surface area contributed by atoms with Gasteiger partial charge in [0.25, 0.3) is 0 Å². The van der Waals surface area contributed by atoms with Gasteiger partial charge in [-0.15, -0.1) is 21.5 Å². The Labute approximate surface area is 121 Å². The molecule has 5 nitrogen and oxygen atoms in total. The molecule has 3 heterocycles. The first-order valence-corrected chi connectivity index (χ1v) is 7.43. The minimum atomic E-state index is 0.134. The van der Waals surface area contributed by atoms with Crippen molar-refractivity contribution >= 4 is 17.0 Å². The van der Waals surface area contributed by atoms with E-state index in [-0.39, 0.29) is 6.04 Å². The Morgan fingerprint density at radius 1 is 1.30 bits per heavy atom. The fourth-order valence-corrected chi connectivity index (χ4v) is 3.12. The molecule has 0 saturated carbocycles. The van der Waals surface area contributed by atoms with E-state index in [4.69, 9.17) is 0 Å². The SMILES string of the molecule is Cc1nc(C)c(CNC(C)c2nnc3ccccn23)s1. The minimum Gasteiger partial charge on any atom is -0.302 e. The number of aryl methyl sites for hydroxylation is 2. The van der Waals surface area contributed by atoms with E-state index in [1.807, 2.05) is 35.7 Å². The second kappa shape index (κ2) is 5.30. The molecule has 0 bridgehead atoms. The summed E-state index contributed by atoms with van der Waals surface area (Å²) in [7, 11) is 0. The summed E-state index contributed by atoms with van der Waals surface area (Å²) in [6.45, 7) is 7.00. The van der Waals surface area contributed by atoms with Gasteiger partial charge in [0.1, 0.15) is 0 Å². The van der Waals surface area contributed by atoms with Gasteiger partial charge in [0.15, 0.2) is 11.5 Å². The van der Waals surface area contributed by atoms with E-state index in [1.54, 1.807) is 11.3 Å². The summed E-state index contributed by atoms with van der Waals surface area (Å²) in [5.41, 5.74) is 1.99. The van der Waals surface area contributed by atoms with Crippen LogP contribution < -0.4 is 5.32 Å². The van der Waals surface area contributed by atoms with Gasteiger partial charge in [-0.05, 0) is 32.9 Å². The Hall–Kier alpha value is -1.79. The Morgan fingerprint density at radius 2 is 2.15 bits per heavy atom. The van der Waals surface area contributed by atoms with Crippen LogP contribution in [0.4, 0.5) is 0 Å². The molecule has 0 fully saturated rings. The van der Waals surface area contributed by atoms with Crippen molar-refractivity contribution in [3.63, 3.8) is 0 Å². The van der Waals surface area contributed by atoms with E-state index in [0.717, 1.165) is 28.7 Å². The van der Waals surface area contributed by atoms with Crippen LogP contribution in [0.1, 0.15) is 34.4 Å². The lowest BCUT2D eigenvalue weighted by molar-refractivity contribution is 0.543. The maximum atomic E-state index is 4.45. The highest BCUT2D eigenvalue weighted by molar-refractivity contribution is 7.11. The van der Waals surface area contributed by atoms with Gasteiger partial charge in [0.05, 0.1) is 16.7 Å². The van der Waals surface area contributed by atoms with Crippen molar-refractivity contribution in [3.05, 3.63) is 45.8 Å². The molecule has 0 aromatic carbocycles. The second-order valence-corrected chi connectivity index (χ2v) is 6.12. The molecule has 104 valence electrons. The number of hydrogen-bond donors (Lipinski definition) is 1. The summed E-state index contributed by atoms with van der Waals surface area (Å²) in [6.07, 6.45) is 1.99. The summed E-state index contributed by atoms with van der Waals surface area (Å²) in [4.78, 5) is 5.73. The van der Waals surface area contributed by atoms with Crippen LogP contribution in [0.5, 0.6) is 0 Å². The molecule has 0 aliphatic rings. The average molecular weight is 287 g/mol. The fourth-order valence-electron chi connectivity index (χ4n) is 2.23. The van der Waals surface area contributed by atoms with Crippen molar-refractivity contribution in [2.24, 2.45) is 0 Å². The Bertz CT molecular complexity index is 730. The number of aromatic nitrogens is 4. The maximum absolute atomic E-state index is 4.45. The molecule has 0 saturated heterocycles. The third kappa shape index (κ3) is 2.44. The van der Waals surface area contributed by atoms with Gasteiger partial charge in [-0.2, -0.15) is 0 Å². The lowest BCUT2D eigenvalue weighted by atomic mass is 10.3. The van der Waals surface area contributed by atoms with Gasteiger partial charge in [-0.3, -0.25) is 4.40 Å². The number of fused-ring (bicyclic) bond motifs is 1. The Kier molecular flexibility index (Phi) is 3.50. The maximum Gasteiger partial charge on any atom is 0.160 e. The van der Waals surface area contributed by atoms with Crippen LogP contribution >= 0.6 is 11.3 Å². The number of nitrogens with one attached hydrogen (secondary N) is 1. The highest BCUT2D eigenvalue weighted by atomic mass is 32.1. The molecule has 3 aromatic rings. The van der Waals surface area contributed by atoms with E-state index in [2.05, 4.69) is 34.3 Å².